The first kappa shape index (κ1) is 6.34. The van der Waals surface area contributed by atoms with Crippen molar-refractivity contribution in [1.29, 1.82) is 0 Å². The highest BCUT2D eigenvalue weighted by Crippen LogP contribution is 2.24. The maximum absolute atomic E-state index is 9.15. The van der Waals surface area contributed by atoms with Gasteiger partial charge in [0.05, 0.1) is 30.1 Å². The van der Waals surface area contributed by atoms with Gasteiger partial charge in [0.25, 0.3) is 0 Å². The largest absolute Gasteiger partial charge is 0.494 e. The molecule has 0 aliphatic carbocycles. The summed E-state index contributed by atoms with van der Waals surface area (Å²) in [4.78, 5) is 3.90. The molecule has 13 heavy (non-hydrogen) atoms. The Labute approximate surface area is 81.0 Å². The van der Waals surface area contributed by atoms with Gasteiger partial charge in [-0.15, -0.1) is 0 Å². The molecule has 0 fully saturated rings. The third kappa shape index (κ3) is 1.79. The molecule has 0 aliphatic heterocycles. The van der Waals surface area contributed by atoms with E-state index >= 15 is 0 Å². The van der Waals surface area contributed by atoms with Crippen LogP contribution >= 0.6 is 0 Å². The Kier molecular flexibility index (Phi) is 2.05. The number of hydrogen-bond acceptors (Lipinski definition) is 4. The van der Waals surface area contributed by atoms with Crippen molar-refractivity contribution in [2.45, 2.75) is 20.1 Å². The summed E-state index contributed by atoms with van der Waals surface area (Å²) in [6.45, 7) is 0.826. The Bertz CT molecular complexity index is 379. The fraction of sp³-hybridized carbons (Fsp3) is 0.444. The molecule has 0 unspecified atom stereocenters. The van der Waals surface area contributed by atoms with Crippen molar-refractivity contribution < 1.29 is 19.1 Å². The Morgan fingerprint density at radius 1 is 1.54 bits per heavy atom. The zero-order valence-electron chi connectivity index (χ0n) is 10.2. The van der Waals surface area contributed by atoms with Gasteiger partial charge in [-0.1, -0.05) is 0 Å². The first-order valence-electron chi connectivity index (χ1n) is 5.27. The molecule has 0 aromatic carbocycles. The number of nitrogens with zero attached hydrogens (tertiary/aromatic N) is 1. The van der Waals surface area contributed by atoms with Crippen molar-refractivity contribution in [3.63, 3.8) is 0 Å². The maximum atomic E-state index is 9.15. The summed E-state index contributed by atoms with van der Waals surface area (Å²) in [5, 5.41) is 18.2. The van der Waals surface area contributed by atoms with E-state index in [-0.39, 0.29) is 17.9 Å². The van der Waals surface area contributed by atoms with Crippen LogP contribution in [0.1, 0.15) is 20.9 Å². The van der Waals surface area contributed by atoms with Gasteiger partial charge in [0, 0.05) is 17.3 Å². The molecule has 1 aromatic heterocycles. The molecule has 1 aromatic rings. The first-order chi connectivity index (χ1) is 7.39. The van der Waals surface area contributed by atoms with Crippen molar-refractivity contribution in [3.05, 3.63) is 23.0 Å². The van der Waals surface area contributed by atoms with E-state index in [4.69, 9.17) is 19.1 Å². The van der Waals surface area contributed by atoms with Crippen LogP contribution in [0.15, 0.2) is 6.20 Å². The van der Waals surface area contributed by atoms with Gasteiger partial charge < -0.3 is 14.9 Å². The van der Waals surface area contributed by atoms with E-state index in [2.05, 4.69) is 4.98 Å². The molecule has 0 saturated carbocycles. The van der Waals surface area contributed by atoms with Crippen LogP contribution in [0.25, 0.3) is 0 Å². The molecule has 0 atom stereocenters. The third-order valence-electron chi connectivity index (χ3n) is 1.83. The highest BCUT2D eigenvalue weighted by atomic mass is 16.5. The van der Waals surface area contributed by atoms with Crippen LogP contribution in [-0.2, 0) is 13.2 Å². The highest BCUT2D eigenvalue weighted by molar-refractivity contribution is 5.41. The normalized spacial score (nSPS) is 14.5. The molecule has 1 rings (SSSR count). The molecule has 72 valence electrons. The number of ether oxygens (including phenoxy) is 1. The lowest BCUT2D eigenvalue weighted by molar-refractivity contribution is 0.253. The molecule has 4 nitrogen and oxygen atoms in total. The number of hydrogen-bond donors (Lipinski definition) is 2. The minimum atomic E-state index is -2.61. The molecular weight excluding hydrogens is 170 g/mol. The van der Waals surface area contributed by atoms with Crippen LogP contribution < -0.4 is 4.74 Å². The smallest absolute Gasteiger partial charge is 0.145 e. The third-order valence-corrected chi connectivity index (χ3v) is 1.83. The van der Waals surface area contributed by atoms with Gasteiger partial charge in [-0.25, -0.2) is 0 Å². The lowest BCUT2D eigenvalue weighted by atomic mass is 10.1. The number of aliphatic hydroxyl groups excluding tert-OH is 2. The summed E-state index contributed by atoms with van der Waals surface area (Å²) >= 11 is 0. The molecule has 0 amide bonds. The Hall–Kier alpha value is -1.13. The number of rotatable bonds is 3. The Morgan fingerprint density at radius 2 is 2.31 bits per heavy atom. The van der Waals surface area contributed by atoms with Crippen molar-refractivity contribution in [3.8, 4) is 5.75 Å². The standard InChI is InChI=1S/C9H13NO3/c1-6-9(13-2)8(5-12)7(4-11)3-10-6/h3,11-12H,4-5H2,1-2H3/i2D3. The second-order valence-corrected chi connectivity index (χ2v) is 2.59. The number of aromatic nitrogens is 1. The number of pyridine rings is 1. The SMILES string of the molecule is [2H]C([2H])([2H])Oc1c(C)ncc(CO)c1CO. The fourth-order valence-electron chi connectivity index (χ4n) is 1.12. The average Bonchev–Trinajstić information content (AvgIpc) is 2.19. The predicted octanol–water partition coefficient (Wildman–Crippen LogP) is 0.383. The van der Waals surface area contributed by atoms with Gasteiger partial charge in [0.1, 0.15) is 5.75 Å². The summed E-state index contributed by atoms with van der Waals surface area (Å²) in [7, 11) is -2.61. The number of aliphatic hydroxyl groups is 2. The second-order valence-electron chi connectivity index (χ2n) is 2.59. The van der Waals surface area contributed by atoms with Crippen molar-refractivity contribution in [2.24, 2.45) is 0 Å². The molecule has 0 saturated heterocycles. The summed E-state index contributed by atoms with van der Waals surface area (Å²) in [6, 6.07) is 0. The average molecular weight is 186 g/mol. The first-order valence-corrected chi connectivity index (χ1v) is 3.77. The van der Waals surface area contributed by atoms with E-state index in [1.807, 2.05) is 0 Å². The van der Waals surface area contributed by atoms with Crippen LogP contribution in [0, 0.1) is 6.92 Å². The zero-order chi connectivity index (χ0) is 12.3. The number of methoxy groups -OCH3 is 1. The quantitative estimate of drug-likeness (QED) is 0.716. The molecule has 1 heterocycles. The lowest BCUT2D eigenvalue weighted by Crippen LogP contribution is -2.02. The predicted molar refractivity (Wildman–Crippen MR) is 47.4 cm³/mol. The monoisotopic (exact) mass is 186 g/mol. The minimum Gasteiger partial charge on any atom is -0.494 e. The lowest BCUT2D eigenvalue weighted by Gasteiger charge is -2.11. The van der Waals surface area contributed by atoms with Crippen molar-refractivity contribution >= 4 is 0 Å². The maximum Gasteiger partial charge on any atom is 0.145 e. The minimum absolute atomic E-state index is 0.00838. The molecule has 0 spiro atoms. The van der Waals surface area contributed by atoms with Gasteiger partial charge in [-0.05, 0) is 6.92 Å². The van der Waals surface area contributed by atoms with E-state index in [0.29, 0.717) is 11.3 Å². The van der Waals surface area contributed by atoms with E-state index in [0.717, 1.165) is 0 Å². The Balaban J connectivity index is 3.23. The summed E-state index contributed by atoms with van der Waals surface area (Å²) < 4.78 is 25.8. The van der Waals surface area contributed by atoms with Crippen LogP contribution in [-0.4, -0.2) is 22.2 Å². The summed E-state index contributed by atoms with van der Waals surface area (Å²) in [5.74, 6) is 0.00838. The van der Waals surface area contributed by atoms with Crippen LogP contribution in [0.4, 0.5) is 0 Å². The summed E-state index contributed by atoms with van der Waals surface area (Å²) in [5.41, 5.74) is 0.968. The van der Waals surface area contributed by atoms with Gasteiger partial charge in [0.15, 0.2) is 0 Å². The highest BCUT2D eigenvalue weighted by Gasteiger charge is 2.11. The van der Waals surface area contributed by atoms with E-state index < -0.39 is 13.6 Å². The molecule has 0 aliphatic rings. The zero-order valence-corrected chi connectivity index (χ0v) is 7.24. The molecule has 2 N–H and O–H groups in total. The molecule has 0 bridgehead atoms. The van der Waals surface area contributed by atoms with E-state index in [1.165, 1.54) is 6.20 Å². The molecule has 4 heteroatoms. The van der Waals surface area contributed by atoms with E-state index in [9.17, 15) is 0 Å². The van der Waals surface area contributed by atoms with Gasteiger partial charge in [-0.3, -0.25) is 4.98 Å². The molecule has 0 radical (unpaired) electrons. The van der Waals surface area contributed by atoms with E-state index in [1.54, 1.807) is 6.92 Å². The van der Waals surface area contributed by atoms with Gasteiger partial charge in [-0.2, -0.15) is 0 Å². The fourth-order valence-corrected chi connectivity index (χ4v) is 1.12. The summed E-state index contributed by atoms with van der Waals surface area (Å²) in [6.07, 6.45) is 1.38. The molecular formula is C9H13NO3. The van der Waals surface area contributed by atoms with Crippen LogP contribution in [0.3, 0.4) is 0 Å². The second kappa shape index (κ2) is 4.20. The van der Waals surface area contributed by atoms with Crippen LogP contribution in [0.2, 0.25) is 0 Å². The Morgan fingerprint density at radius 3 is 2.85 bits per heavy atom. The van der Waals surface area contributed by atoms with Gasteiger partial charge in [0.2, 0.25) is 0 Å². The van der Waals surface area contributed by atoms with Crippen LogP contribution in [0.5, 0.6) is 5.75 Å². The number of aryl methyl sites for hydroxylation is 1. The van der Waals surface area contributed by atoms with Gasteiger partial charge >= 0.3 is 0 Å². The van der Waals surface area contributed by atoms with Crippen molar-refractivity contribution in [1.82, 2.24) is 4.98 Å². The van der Waals surface area contributed by atoms with Crippen molar-refractivity contribution in [2.75, 3.05) is 7.04 Å². The topological polar surface area (TPSA) is 62.6 Å².